The van der Waals surface area contributed by atoms with Crippen LogP contribution in [0.15, 0.2) is 42.6 Å². The van der Waals surface area contributed by atoms with Gasteiger partial charge in [-0.25, -0.2) is 13.1 Å². The summed E-state index contributed by atoms with van der Waals surface area (Å²) in [5, 5.41) is 4.93. The van der Waals surface area contributed by atoms with Crippen molar-refractivity contribution >= 4 is 44.4 Å². The van der Waals surface area contributed by atoms with E-state index >= 15 is 0 Å². The van der Waals surface area contributed by atoms with Crippen molar-refractivity contribution in [2.24, 2.45) is 7.05 Å². The third-order valence-electron chi connectivity index (χ3n) is 11.1. The molecule has 12 nitrogen and oxygen atoms in total. The van der Waals surface area contributed by atoms with Crippen LogP contribution in [0, 0.1) is 0 Å². The van der Waals surface area contributed by atoms with E-state index in [0.29, 0.717) is 62.2 Å². The Morgan fingerprint density at radius 3 is 2.60 bits per heavy atom. The van der Waals surface area contributed by atoms with Crippen molar-refractivity contribution in [2.45, 2.75) is 76.2 Å². The number of sulfonamides is 1. The Labute approximate surface area is 311 Å². The summed E-state index contributed by atoms with van der Waals surface area (Å²) < 4.78 is 49.1. The summed E-state index contributed by atoms with van der Waals surface area (Å²) in [4.78, 5) is 29.6. The van der Waals surface area contributed by atoms with Crippen molar-refractivity contribution in [1.29, 1.82) is 0 Å². The van der Waals surface area contributed by atoms with Gasteiger partial charge < -0.3 is 23.7 Å². The molecule has 0 bridgehead atoms. The normalized spacial score (nSPS) is 18.5. The summed E-state index contributed by atoms with van der Waals surface area (Å²) in [6, 6.07) is 11.6. The highest BCUT2D eigenvalue weighted by Crippen LogP contribution is 2.48. The van der Waals surface area contributed by atoms with Crippen LogP contribution >= 0.6 is 0 Å². The molecule has 2 amide bonds. The van der Waals surface area contributed by atoms with Crippen molar-refractivity contribution in [2.75, 3.05) is 40.5 Å². The first-order valence-electron chi connectivity index (χ1n) is 18.6. The molecule has 1 unspecified atom stereocenters. The maximum atomic E-state index is 14.3. The number of nitrogens with one attached hydrogen (secondary N) is 1. The summed E-state index contributed by atoms with van der Waals surface area (Å²) in [6.45, 7) is 5.43. The van der Waals surface area contributed by atoms with E-state index in [1.165, 1.54) is 12.0 Å². The topological polar surface area (TPSA) is 134 Å². The van der Waals surface area contributed by atoms with E-state index in [-0.39, 0.29) is 17.6 Å². The molecule has 1 saturated carbocycles. The van der Waals surface area contributed by atoms with Crippen LogP contribution in [0.3, 0.4) is 0 Å². The molecule has 4 heterocycles. The molecule has 53 heavy (non-hydrogen) atoms. The molecule has 13 heteroatoms. The summed E-state index contributed by atoms with van der Waals surface area (Å²) >= 11 is 0. The summed E-state index contributed by atoms with van der Waals surface area (Å²) in [5.74, 6) is 0.229. The van der Waals surface area contributed by atoms with Crippen LogP contribution < -0.4 is 9.46 Å². The van der Waals surface area contributed by atoms with Gasteiger partial charge in [0.1, 0.15) is 5.75 Å². The number of amides is 2. The molecule has 2 fully saturated rings. The van der Waals surface area contributed by atoms with Gasteiger partial charge in [-0.05, 0) is 85.2 Å². The van der Waals surface area contributed by atoms with Gasteiger partial charge in [-0.3, -0.25) is 14.3 Å². The van der Waals surface area contributed by atoms with E-state index in [2.05, 4.69) is 26.5 Å². The number of ether oxygens (including phenoxy) is 3. The number of fused-ring (bicyclic) bond motifs is 5. The number of aryl methyl sites for hydroxylation is 1. The van der Waals surface area contributed by atoms with Gasteiger partial charge in [0.25, 0.3) is 11.8 Å². The van der Waals surface area contributed by atoms with E-state index in [4.69, 9.17) is 14.2 Å². The van der Waals surface area contributed by atoms with E-state index in [9.17, 15) is 18.0 Å². The number of methoxy groups -OCH3 is 2. The monoisotopic (exact) mass is 743 g/mol. The predicted octanol–water partition coefficient (Wildman–Crippen LogP) is 6.00. The summed E-state index contributed by atoms with van der Waals surface area (Å²) in [7, 11) is 1.27. The number of benzene rings is 2. The number of nitrogens with zero attached hydrogens (tertiary/aromatic N) is 4. The number of carbonyl (C=O) groups is 2. The fourth-order valence-corrected chi connectivity index (χ4v) is 9.19. The van der Waals surface area contributed by atoms with Crippen molar-refractivity contribution < 1.29 is 32.2 Å². The first-order chi connectivity index (χ1) is 25.5. The zero-order valence-electron chi connectivity index (χ0n) is 31.2. The molecule has 282 valence electrons. The second kappa shape index (κ2) is 15.1. The Hall–Kier alpha value is -4.46. The average Bonchev–Trinajstić information content (AvgIpc) is 3.65. The van der Waals surface area contributed by atoms with Gasteiger partial charge >= 0.3 is 0 Å². The Morgan fingerprint density at radius 2 is 1.87 bits per heavy atom. The average molecular weight is 744 g/mol. The van der Waals surface area contributed by atoms with E-state index in [1.54, 1.807) is 49.9 Å². The van der Waals surface area contributed by atoms with Crippen LogP contribution in [0.4, 0.5) is 0 Å². The number of aromatic nitrogens is 3. The Balaban J connectivity index is 1.41. The van der Waals surface area contributed by atoms with Crippen LogP contribution in [0.2, 0.25) is 0 Å². The highest BCUT2D eigenvalue weighted by atomic mass is 32.2. The molecule has 0 spiro atoms. The van der Waals surface area contributed by atoms with Gasteiger partial charge in [-0.1, -0.05) is 32.3 Å². The van der Waals surface area contributed by atoms with E-state index in [1.807, 2.05) is 31.3 Å². The molecular weight excluding hydrogens is 695 g/mol. The lowest BCUT2D eigenvalue weighted by molar-refractivity contribution is -0.0531. The highest BCUT2D eigenvalue weighted by Gasteiger charge is 2.33. The lowest BCUT2D eigenvalue weighted by Gasteiger charge is -2.32. The molecule has 1 saturated heterocycles. The van der Waals surface area contributed by atoms with Gasteiger partial charge in [0.05, 0.1) is 61.4 Å². The van der Waals surface area contributed by atoms with Crippen LogP contribution in [0.5, 0.6) is 5.75 Å². The van der Waals surface area contributed by atoms with Crippen LogP contribution in [0.25, 0.3) is 33.8 Å². The Kier molecular flexibility index (Phi) is 10.5. The Bertz CT molecular complexity index is 2180. The first kappa shape index (κ1) is 36.9. The zero-order valence-corrected chi connectivity index (χ0v) is 32.0. The SMILES string of the molecule is CCC(C)S(=O)(=O)NC(=O)c1ccc2c(C3CCCCC3)c3n(c2c1)CC(c1c(C(=O)N2CCO[C@@H](COC)C2)cnn1C)=Cc1cc(OC)ccc1-3. The molecular formula is C40H49N5O7S. The molecule has 7 rings (SSSR count). The number of rotatable bonds is 10. The minimum absolute atomic E-state index is 0.129. The van der Waals surface area contributed by atoms with Crippen LogP contribution in [0.1, 0.15) is 95.8 Å². The highest BCUT2D eigenvalue weighted by molar-refractivity contribution is 7.90. The smallest absolute Gasteiger partial charge is 0.264 e. The minimum atomic E-state index is -3.85. The summed E-state index contributed by atoms with van der Waals surface area (Å²) in [5.41, 5.74) is 7.41. The van der Waals surface area contributed by atoms with Gasteiger partial charge in [0, 0.05) is 49.3 Å². The molecule has 0 radical (unpaired) electrons. The number of hydrogen-bond donors (Lipinski definition) is 1. The molecule has 2 aliphatic heterocycles. The number of morpholine rings is 1. The molecule has 3 aliphatic rings. The quantitative estimate of drug-likeness (QED) is 0.209. The lowest BCUT2D eigenvalue weighted by atomic mass is 9.81. The fraction of sp³-hybridized carbons (Fsp3) is 0.475. The van der Waals surface area contributed by atoms with Crippen molar-refractivity contribution in [1.82, 2.24) is 24.0 Å². The number of carbonyl (C=O) groups excluding carboxylic acids is 2. The third kappa shape index (κ3) is 7.02. The maximum absolute atomic E-state index is 14.3. The molecule has 2 atom stereocenters. The number of allylic oxidation sites excluding steroid dienone is 1. The second-order valence-electron chi connectivity index (χ2n) is 14.5. The molecule has 2 aromatic heterocycles. The van der Waals surface area contributed by atoms with Crippen molar-refractivity contribution in [3.05, 3.63) is 70.5 Å². The first-order valence-corrected chi connectivity index (χ1v) is 20.1. The predicted molar refractivity (Wildman–Crippen MR) is 204 cm³/mol. The number of hydrogen-bond acceptors (Lipinski definition) is 8. The lowest BCUT2D eigenvalue weighted by Crippen LogP contribution is -2.47. The maximum Gasteiger partial charge on any atom is 0.264 e. The summed E-state index contributed by atoms with van der Waals surface area (Å²) in [6.07, 6.45) is 9.51. The van der Waals surface area contributed by atoms with Gasteiger partial charge in [-0.15, -0.1) is 0 Å². The molecule has 1 aliphatic carbocycles. The zero-order chi connectivity index (χ0) is 37.4. The van der Waals surface area contributed by atoms with Crippen molar-refractivity contribution in [3.8, 4) is 17.0 Å². The third-order valence-corrected chi connectivity index (χ3v) is 13.0. The largest absolute Gasteiger partial charge is 0.497 e. The molecule has 1 N–H and O–H groups in total. The van der Waals surface area contributed by atoms with Crippen LogP contribution in [-0.4, -0.2) is 91.4 Å². The van der Waals surface area contributed by atoms with E-state index < -0.39 is 21.2 Å². The van der Waals surface area contributed by atoms with Crippen LogP contribution in [-0.2, 0) is 33.1 Å². The standard InChI is InChI=1S/C40H49N5O7S/c1-6-25(2)53(48,49)42-39(46)27-12-14-33-35(20-27)45-22-29(37-34(21-41-43(37)3)40(47)44-16-17-52-31(23-44)24-50-4)18-28-19-30(51-5)13-15-32(28)38(45)36(33)26-10-8-7-9-11-26/h12-15,18-21,25-26,31H,6-11,16-17,22-24H2,1-5H3,(H,42,46)/t25?,31-/m1/s1. The fourth-order valence-electron chi connectivity index (χ4n) is 8.17. The van der Waals surface area contributed by atoms with E-state index in [0.717, 1.165) is 59.0 Å². The van der Waals surface area contributed by atoms with Gasteiger partial charge in [0.2, 0.25) is 10.0 Å². The second-order valence-corrected chi connectivity index (χ2v) is 16.6. The Morgan fingerprint density at radius 1 is 1.08 bits per heavy atom. The molecule has 4 aromatic rings. The van der Waals surface area contributed by atoms with Crippen molar-refractivity contribution in [3.63, 3.8) is 0 Å². The minimum Gasteiger partial charge on any atom is -0.497 e. The molecule has 2 aromatic carbocycles. The van der Waals surface area contributed by atoms with Gasteiger partial charge in [0.15, 0.2) is 0 Å². The van der Waals surface area contributed by atoms with Gasteiger partial charge in [-0.2, -0.15) is 5.10 Å².